The van der Waals surface area contributed by atoms with Crippen molar-refractivity contribution in [2.45, 2.75) is 6.92 Å². The second-order valence-corrected chi connectivity index (χ2v) is 5.21. The van der Waals surface area contributed by atoms with Crippen molar-refractivity contribution in [1.82, 2.24) is 4.98 Å². The fraction of sp³-hybridized carbons (Fsp3) is 0.176. The molecule has 2 rings (SSSR count). The van der Waals surface area contributed by atoms with E-state index in [1.165, 1.54) is 0 Å². The molecule has 0 saturated carbocycles. The second-order valence-electron chi connectivity index (χ2n) is 4.35. The first-order valence-corrected chi connectivity index (χ1v) is 7.52. The number of hydrogen-bond donors (Lipinski definition) is 0. The van der Waals surface area contributed by atoms with Gasteiger partial charge in [-0.25, -0.2) is 0 Å². The Morgan fingerprint density at radius 2 is 2.23 bits per heavy atom. The highest BCUT2D eigenvalue weighted by Crippen LogP contribution is 2.37. The monoisotopic (exact) mass is 358 g/mol. The molecular formula is C17H15BrN2O2. The van der Waals surface area contributed by atoms with Crippen LogP contribution < -0.4 is 9.47 Å². The second kappa shape index (κ2) is 7.62. The molecule has 1 aromatic heterocycles. The van der Waals surface area contributed by atoms with Crippen LogP contribution in [0.3, 0.4) is 0 Å². The van der Waals surface area contributed by atoms with Crippen molar-refractivity contribution < 1.29 is 9.47 Å². The SMILES string of the molecule is CCOc1cc(/C=C(\C#N)c2ccccn2)cc(Br)c1OC. The lowest BCUT2D eigenvalue weighted by molar-refractivity contribution is 0.310. The standard InChI is InChI=1S/C17H15BrN2O2/c1-3-22-16-10-12(9-14(18)17(16)21-2)8-13(11-19)15-6-4-5-7-20-15/h4-10H,3H2,1-2H3/b13-8+. The van der Waals surface area contributed by atoms with Crippen LogP contribution in [-0.4, -0.2) is 18.7 Å². The van der Waals surface area contributed by atoms with E-state index in [4.69, 9.17) is 9.47 Å². The molecule has 0 aliphatic heterocycles. The van der Waals surface area contributed by atoms with Crippen molar-refractivity contribution >= 4 is 27.6 Å². The van der Waals surface area contributed by atoms with Gasteiger partial charge < -0.3 is 9.47 Å². The number of rotatable bonds is 5. The lowest BCUT2D eigenvalue weighted by Gasteiger charge is -2.12. The zero-order valence-electron chi connectivity index (χ0n) is 12.3. The van der Waals surface area contributed by atoms with Gasteiger partial charge >= 0.3 is 0 Å². The summed E-state index contributed by atoms with van der Waals surface area (Å²) >= 11 is 3.46. The highest BCUT2D eigenvalue weighted by molar-refractivity contribution is 9.10. The van der Waals surface area contributed by atoms with Crippen molar-refractivity contribution in [1.29, 1.82) is 5.26 Å². The van der Waals surface area contributed by atoms with Crippen LogP contribution >= 0.6 is 15.9 Å². The van der Waals surface area contributed by atoms with Crippen molar-refractivity contribution in [2.75, 3.05) is 13.7 Å². The van der Waals surface area contributed by atoms with E-state index in [0.717, 1.165) is 10.0 Å². The van der Waals surface area contributed by atoms with E-state index in [1.54, 1.807) is 25.4 Å². The molecule has 0 spiro atoms. The van der Waals surface area contributed by atoms with Gasteiger partial charge in [0.1, 0.15) is 6.07 Å². The Balaban J connectivity index is 2.48. The number of methoxy groups -OCH3 is 1. The number of aromatic nitrogens is 1. The summed E-state index contributed by atoms with van der Waals surface area (Å²) in [7, 11) is 1.59. The van der Waals surface area contributed by atoms with Crippen LogP contribution in [0.1, 0.15) is 18.2 Å². The number of benzene rings is 1. The number of nitrogens with zero attached hydrogens (tertiary/aromatic N) is 2. The normalized spacial score (nSPS) is 10.9. The summed E-state index contributed by atoms with van der Waals surface area (Å²) in [5, 5.41) is 9.36. The van der Waals surface area contributed by atoms with E-state index >= 15 is 0 Å². The number of pyridine rings is 1. The molecule has 112 valence electrons. The lowest BCUT2D eigenvalue weighted by Crippen LogP contribution is -1.97. The first-order chi connectivity index (χ1) is 10.7. The Kier molecular flexibility index (Phi) is 5.56. The molecule has 0 unspecified atom stereocenters. The Hall–Kier alpha value is -2.32. The summed E-state index contributed by atoms with van der Waals surface area (Å²) in [5.74, 6) is 1.26. The number of nitriles is 1. The van der Waals surface area contributed by atoms with Crippen LogP contribution in [0.25, 0.3) is 11.6 Å². The third kappa shape index (κ3) is 3.66. The van der Waals surface area contributed by atoms with Gasteiger partial charge in [0.15, 0.2) is 11.5 Å². The molecule has 1 heterocycles. The van der Waals surface area contributed by atoms with Gasteiger partial charge in [-0.1, -0.05) is 6.07 Å². The third-order valence-corrected chi connectivity index (χ3v) is 3.50. The zero-order valence-corrected chi connectivity index (χ0v) is 13.9. The van der Waals surface area contributed by atoms with Crippen LogP contribution in [0.4, 0.5) is 0 Å². The minimum Gasteiger partial charge on any atom is -0.492 e. The summed E-state index contributed by atoms with van der Waals surface area (Å²) in [6.07, 6.45) is 3.44. The number of halogens is 1. The number of hydrogen-bond acceptors (Lipinski definition) is 4. The van der Waals surface area contributed by atoms with Crippen LogP contribution in [0, 0.1) is 11.3 Å². The molecule has 0 amide bonds. The van der Waals surface area contributed by atoms with Crippen LogP contribution in [0.15, 0.2) is 41.0 Å². The van der Waals surface area contributed by atoms with Crippen molar-refractivity contribution in [3.8, 4) is 17.6 Å². The molecule has 0 N–H and O–H groups in total. The summed E-state index contributed by atoms with van der Waals surface area (Å²) in [6.45, 7) is 2.44. The van der Waals surface area contributed by atoms with E-state index in [0.29, 0.717) is 29.4 Å². The summed E-state index contributed by atoms with van der Waals surface area (Å²) in [5.41, 5.74) is 1.95. The average molecular weight is 359 g/mol. The van der Waals surface area contributed by atoms with E-state index in [-0.39, 0.29) is 0 Å². The molecule has 0 fully saturated rings. The zero-order chi connectivity index (χ0) is 15.9. The summed E-state index contributed by atoms with van der Waals surface area (Å²) in [6, 6.07) is 11.4. The third-order valence-electron chi connectivity index (χ3n) is 2.91. The Labute approximate surface area is 138 Å². The van der Waals surface area contributed by atoms with Crippen LogP contribution in [-0.2, 0) is 0 Å². The van der Waals surface area contributed by atoms with E-state index in [9.17, 15) is 5.26 Å². The van der Waals surface area contributed by atoms with Crippen molar-refractivity contribution in [3.05, 3.63) is 52.3 Å². The predicted octanol–water partition coefficient (Wildman–Crippen LogP) is 4.32. The van der Waals surface area contributed by atoms with E-state index < -0.39 is 0 Å². The lowest BCUT2D eigenvalue weighted by atomic mass is 10.1. The molecule has 0 radical (unpaired) electrons. The van der Waals surface area contributed by atoms with Crippen LogP contribution in [0.5, 0.6) is 11.5 Å². The minimum atomic E-state index is 0.486. The van der Waals surface area contributed by atoms with Gasteiger partial charge in [-0.2, -0.15) is 5.26 Å². The maximum Gasteiger partial charge on any atom is 0.174 e. The highest BCUT2D eigenvalue weighted by atomic mass is 79.9. The first kappa shape index (κ1) is 16.1. The maximum atomic E-state index is 9.36. The van der Waals surface area contributed by atoms with Crippen molar-refractivity contribution in [3.63, 3.8) is 0 Å². The Morgan fingerprint density at radius 3 is 2.82 bits per heavy atom. The molecule has 22 heavy (non-hydrogen) atoms. The molecule has 0 atom stereocenters. The van der Waals surface area contributed by atoms with Gasteiger partial charge in [0.2, 0.25) is 0 Å². The molecule has 0 bridgehead atoms. The van der Waals surface area contributed by atoms with Crippen LogP contribution in [0.2, 0.25) is 0 Å². The minimum absolute atomic E-state index is 0.486. The fourth-order valence-electron chi connectivity index (χ4n) is 1.98. The van der Waals surface area contributed by atoms with Gasteiger partial charge in [0, 0.05) is 6.20 Å². The van der Waals surface area contributed by atoms with E-state index in [1.807, 2.05) is 31.2 Å². The highest BCUT2D eigenvalue weighted by Gasteiger charge is 2.11. The molecule has 0 aliphatic carbocycles. The fourth-order valence-corrected chi connectivity index (χ4v) is 2.61. The Morgan fingerprint density at radius 1 is 1.41 bits per heavy atom. The molecule has 5 heteroatoms. The van der Waals surface area contributed by atoms with Crippen molar-refractivity contribution in [2.24, 2.45) is 0 Å². The number of allylic oxidation sites excluding steroid dienone is 1. The topological polar surface area (TPSA) is 55.1 Å². The first-order valence-electron chi connectivity index (χ1n) is 6.73. The quantitative estimate of drug-likeness (QED) is 0.747. The van der Waals surface area contributed by atoms with Gasteiger partial charge in [0.05, 0.1) is 29.5 Å². The number of ether oxygens (including phenoxy) is 2. The van der Waals surface area contributed by atoms with Gasteiger partial charge in [-0.3, -0.25) is 4.98 Å². The summed E-state index contributed by atoms with van der Waals surface area (Å²) < 4.78 is 11.7. The average Bonchev–Trinajstić information content (AvgIpc) is 2.53. The molecular weight excluding hydrogens is 344 g/mol. The maximum absolute atomic E-state index is 9.36. The smallest absolute Gasteiger partial charge is 0.174 e. The van der Waals surface area contributed by atoms with Gasteiger partial charge in [0.25, 0.3) is 0 Å². The molecule has 2 aromatic rings. The van der Waals surface area contributed by atoms with Gasteiger partial charge in [-0.05, 0) is 58.8 Å². The van der Waals surface area contributed by atoms with Gasteiger partial charge in [-0.15, -0.1) is 0 Å². The largest absolute Gasteiger partial charge is 0.492 e. The Bertz CT molecular complexity index is 721. The summed E-state index contributed by atoms with van der Waals surface area (Å²) in [4.78, 5) is 4.20. The molecule has 4 nitrogen and oxygen atoms in total. The van der Waals surface area contributed by atoms with E-state index in [2.05, 4.69) is 27.0 Å². The molecule has 0 aliphatic rings. The molecule has 1 aromatic carbocycles. The molecule has 0 saturated heterocycles. The predicted molar refractivity (Wildman–Crippen MR) is 89.6 cm³/mol.